The zero-order valence-corrected chi connectivity index (χ0v) is 19.6. The molecule has 0 saturated carbocycles. The van der Waals surface area contributed by atoms with E-state index in [1.54, 1.807) is 25.1 Å². The molecular formula is C21H23N5O5S2. The van der Waals surface area contributed by atoms with E-state index in [4.69, 9.17) is 0 Å². The summed E-state index contributed by atoms with van der Waals surface area (Å²) >= 11 is 0. The van der Waals surface area contributed by atoms with E-state index in [9.17, 15) is 21.6 Å². The Hall–Kier alpha value is -3.35. The van der Waals surface area contributed by atoms with E-state index in [2.05, 4.69) is 24.7 Å². The number of nitrogens with one attached hydrogen (secondary N) is 3. The molecule has 0 saturated heterocycles. The number of rotatable bonds is 9. The van der Waals surface area contributed by atoms with E-state index in [0.29, 0.717) is 11.4 Å². The van der Waals surface area contributed by atoms with Gasteiger partial charge in [0.25, 0.3) is 10.0 Å². The van der Waals surface area contributed by atoms with Gasteiger partial charge in [0.15, 0.2) is 0 Å². The Morgan fingerprint density at radius 1 is 0.848 bits per heavy atom. The number of nitrogens with zero attached hydrogens (tertiary/aromatic N) is 2. The molecule has 0 aliphatic rings. The number of carbonyl (C=O) groups is 1. The van der Waals surface area contributed by atoms with Gasteiger partial charge in [-0.05, 0) is 56.3 Å². The number of aryl methyl sites for hydroxylation is 2. The van der Waals surface area contributed by atoms with Gasteiger partial charge in [0.05, 0.1) is 9.79 Å². The predicted octanol–water partition coefficient (Wildman–Crippen LogP) is 2.20. The highest BCUT2D eigenvalue weighted by Crippen LogP contribution is 2.17. The fourth-order valence-corrected chi connectivity index (χ4v) is 4.70. The Balaban J connectivity index is 1.54. The number of sulfonamides is 2. The van der Waals surface area contributed by atoms with Crippen LogP contribution in [0.4, 0.5) is 11.6 Å². The molecule has 2 aromatic carbocycles. The molecule has 0 atom stereocenters. The maximum absolute atomic E-state index is 12.5. The minimum atomic E-state index is -3.90. The lowest BCUT2D eigenvalue weighted by molar-refractivity contribution is -0.116. The van der Waals surface area contributed by atoms with Crippen molar-refractivity contribution in [1.82, 2.24) is 14.7 Å². The van der Waals surface area contributed by atoms with Crippen LogP contribution in [0.1, 0.15) is 17.7 Å². The normalized spacial score (nSPS) is 11.7. The number of hydrogen-bond donors (Lipinski definition) is 3. The fraction of sp³-hybridized carbons (Fsp3) is 0.190. The minimum absolute atomic E-state index is 0.0311. The summed E-state index contributed by atoms with van der Waals surface area (Å²) in [5.74, 6) is -0.469. The monoisotopic (exact) mass is 489 g/mol. The number of amides is 1. The molecule has 3 rings (SSSR count). The molecule has 0 bridgehead atoms. The summed E-state index contributed by atoms with van der Waals surface area (Å²) in [6.45, 7) is 3.48. The van der Waals surface area contributed by atoms with Crippen LogP contribution in [0.25, 0.3) is 0 Å². The molecule has 0 radical (unpaired) electrons. The SMILES string of the molecule is Cc1ccc(S(=O)(=O)NCCC(=O)Nc2ccc(S(=O)(=O)Nc3nccc(C)n3)cc2)cc1. The van der Waals surface area contributed by atoms with Crippen molar-refractivity contribution in [3.63, 3.8) is 0 Å². The lowest BCUT2D eigenvalue weighted by atomic mass is 10.2. The topological polar surface area (TPSA) is 147 Å². The smallest absolute Gasteiger partial charge is 0.264 e. The molecule has 10 nitrogen and oxygen atoms in total. The largest absolute Gasteiger partial charge is 0.326 e. The molecule has 0 aliphatic heterocycles. The van der Waals surface area contributed by atoms with Crippen LogP contribution in [0, 0.1) is 13.8 Å². The number of benzene rings is 2. The zero-order chi connectivity index (χ0) is 24.1. The van der Waals surface area contributed by atoms with Crippen molar-refractivity contribution >= 4 is 37.6 Å². The number of hydrogen-bond acceptors (Lipinski definition) is 7. The summed E-state index contributed by atoms with van der Waals surface area (Å²) in [6, 6.07) is 13.5. The highest BCUT2D eigenvalue weighted by Gasteiger charge is 2.17. The average Bonchev–Trinajstić information content (AvgIpc) is 2.74. The second kappa shape index (κ2) is 10.1. The van der Waals surface area contributed by atoms with Crippen molar-refractivity contribution in [3.8, 4) is 0 Å². The highest BCUT2D eigenvalue weighted by atomic mass is 32.2. The first kappa shape index (κ1) is 24.3. The van der Waals surface area contributed by atoms with Gasteiger partial charge in [0, 0.05) is 30.5 Å². The summed E-state index contributed by atoms with van der Waals surface area (Å²) in [6.07, 6.45) is 1.34. The second-order valence-corrected chi connectivity index (χ2v) is 10.6. The van der Waals surface area contributed by atoms with Gasteiger partial charge in [-0.25, -0.2) is 36.2 Å². The molecule has 0 spiro atoms. The molecule has 3 aromatic rings. The van der Waals surface area contributed by atoms with E-state index >= 15 is 0 Å². The molecule has 0 unspecified atom stereocenters. The van der Waals surface area contributed by atoms with E-state index in [1.807, 2.05) is 6.92 Å². The Bertz CT molecular complexity index is 1340. The summed E-state index contributed by atoms with van der Waals surface area (Å²) in [5.41, 5.74) is 1.92. The van der Waals surface area contributed by atoms with Crippen LogP contribution in [0.3, 0.4) is 0 Å². The molecule has 12 heteroatoms. The second-order valence-electron chi connectivity index (χ2n) is 7.16. The van der Waals surface area contributed by atoms with Crippen molar-refractivity contribution in [2.24, 2.45) is 0 Å². The third-order valence-electron chi connectivity index (χ3n) is 4.44. The molecule has 0 fully saturated rings. The Morgan fingerprint density at radius 3 is 2.09 bits per heavy atom. The first-order valence-electron chi connectivity index (χ1n) is 9.84. The highest BCUT2D eigenvalue weighted by molar-refractivity contribution is 7.92. The summed E-state index contributed by atoms with van der Waals surface area (Å²) in [5, 5.41) is 2.60. The van der Waals surface area contributed by atoms with E-state index in [1.165, 1.54) is 42.6 Å². The Morgan fingerprint density at radius 2 is 1.45 bits per heavy atom. The lowest BCUT2D eigenvalue weighted by Crippen LogP contribution is -2.27. The van der Waals surface area contributed by atoms with Gasteiger partial charge in [-0.1, -0.05) is 17.7 Å². The van der Waals surface area contributed by atoms with Crippen LogP contribution < -0.4 is 14.8 Å². The average molecular weight is 490 g/mol. The minimum Gasteiger partial charge on any atom is -0.326 e. The van der Waals surface area contributed by atoms with Crippen LogP contribution in [-0.4, -0.2) is 39.3 Å². The van der Waals surface area contributed by atoms with Crippen LogP contribution in [-0.2, 0) is 24.8 Å². The zero-order valence-electron chi connectivity index (χ0n) is 17.9. The maximum atomic E-state index is 12.5. The van der Waals surface area contributed by atoms with Gasteiger partial charge in [-0.3, -0.25) is 4.79 Å². The summed E-state index contributed by atoms with van der Waals surface area (Å²) in [7, 11) is -7.61. The molecule has 174 valence electrons. The van der Waals surface area contributed by atoms with Crippen molar-refractivity contribution < 1.29 is 21.6 Å². The van der Waals surface area contributed by atoms with Crippen LogP contribution >= 0.6 is 0 Å². The summed E-state index contributed by atoms with van der Waals surface area (Å²) in [4.78, 5) is 20.1. The van der Waals surface area contributed by atoms with Crippen LogP contribution in [0.2, 0.25) is 0 Å². The molecule has 1 amide bonds. The van der Waals surface area contributed by atoms with Gasteiger partial charge in [0.2, 0.25) is 21.9 Å². The van der Waals surface area contributed by atoms with Crippen LogP contribution in [0.5, 0.6) is 0 Å². The van der Waals surface area contributed by atoms with E-state index in [0.717, 1.165) is 5.56 Å². The molecular weight excluding hydrogens is 466 g/mol. The van der Waals surface area contributed by atoms with E-state index in [-0.39, 0.29) is 28.7 Å². The van der Waals surface area contributed by atoms with Crippen molar-refractivity contribution in [3.05, 3.63) is 72.1 Å². The van der Waals surface area contributed by atoms with Gasteiger partial charge in [-0.15, -0.1) is 0 Å². The molecule has 1 aromatic heterocycles. The third kappa shape index (κ3) is 6.81. The summed E-state index contributed by atoms with van der Waals surface area (Å²) < 4.78 is 54.1. The first-order chi connectivity index (χ1) is 15.5. The Labute approximate surface area is 192 Å². The Kier molecular flexibility index (Phi) is 7.41. The predicted molar refractivity (Wildman–Crippen MR) is 124 cm³/mol. The van der Waals surface area contributed by atoms with Gasteiger partial charge in [-0.2, -0.15) is 0 Å². The quantitative estimate of drug-likeness (QED) is 0.417. The van der Waals surface area contributed by atoms with Gasteiger partial charge < -0.3 is 5.32 Å². The van der Waals surface area contributed by atoms with Crippen LogP contribution in [0.15, 0.2) is 70.6 Å². The lowest BCUT2D eigenvalue weighted by Gasteiger charge is -2.09. The van der Waals surface area contributed by atoms with Gasteiger partial charge >= 0.3 is 0 Å². The number of anilines is 2. The van der Waals surface area contributed by atoms with Gasteiger partial charge in [0.1, 0.15) is 0 Å². The molecule has 0 aliphatic carbocycles. The maximum Gasteiger partial charge on any atom is 0.264 e. The standard InChI is InChI=1S/C21H23N5O5S2/c1-15-3-7-18(8-4-15)32(28,29)23-14-12-20(27)25-17-5-9-19(10-6-17)33(30,31)26-21-22-13-11-16(2)24-21/h3-11,13,23H,12,14H2,1-2H3,(H,25,27)(H,22,24,26). The van der Waals surface area contributed by atoms with Crippen molar-refractivity contribution in [1.29, 1.82) is 0 Å². The van der Waals surface area contributed by atoms with Crippen molar-refractivity contribution in [2.75, 3.05) is 16.6 Å². The fourth-order valence-electron chi connectivity index (χ4n) is 2.72. The molecule has 3 N–H and O–H groups in total. The first-order valence-corrected chi connectivity index (χ1v) is 12.8. The number of aromatic nitrogens is 2. The van der Waals surface area contributed by atoms with Crippen molar-refractivity contribution in [2.45, 2.75) is 30.1 Å². The molecule has 33 heavy (non-hydrogen) atoms. The van der Waals surface area contributed by atoms with E-state index < -0.39 is 26.0 Å². The third-order valence-corrected chi connectivity index (χ3v) is 7.27. The molecule has 1 heterocycles. The number of carbonyl (C=O) groups excluding carboxylic acids is 1.